The first-order chi connectivity index (χ1) is 20.7. The molecule has 3 N–H and O–H groups in total. The maximum absolute atomic E-state index is 13.8. The molecule has 3 atom stereocenters. The largest absolute Gasteiger partial charge is 0.497 e. The Hall–Kier alpha value is -4.48. The number of methoxy groups -OCH3 is 1. The third kappa shape index (κ3) is 6.95. The number of hydrogen-bond acceptors (Lipinski definition) is 8. The fraction of sp³-hybridized carbons (Fsp3) is 0.375. The summed E-state index contributed by atoms with van der Waals surface area (Å²) in [6.07, 6.45) is -0.330. The zero-order valence-electron chi connectivity index (χ0n) is 24.8. The van der Waals surface area contributed by atoms with Crippen LogP contribution in [0.15, 0.2) is 60.7 Å². The van der Waals surface area contributed by atoms with E-state index >= 15 is 0 Å². The summed E-state index contributed by atoms with van der Waals surface area (Å²) in [4.78, 5) is 30.7. The molecule has 0 radical (unpaired) electrons. The van der Waals surface area contributed by atoms with Gasteiger partial charge in [0, 0.05) is 37.3 Å². The quantitative estimate of drug-likeness (QED) is 0.335. The highest BCUT2D eigenvalue weighted by Gasteiger charge is 2.34. The maximum atomic E-state index is 13.8. The fourth-order valence-electron chi connectivity index (χ4n) is 5.23. The number of urea groups is 1. The second kappa shape index (κ2) is 13.2. The molecule has 5 rings (SSSR count). The maximum Gasteiger partial charge on any atom is 0.323 e. The number of benzene rings is 3. The molecule has 228 valence electrons. The molecular formula is C32H38N4O7. The van der Waals surface area contributed by atoms with Gasteiger partial charge in [0.2, 0.25) is 6.79 Å². The number of likely N-dealkylation sites (N-methyl/N-ethyl adjacent to an activating group) is 1. The Balaban J connectivity index is 1.39. The number of fused-ring (bicyclic) bond motifs is 2. The molecule has 0 saturated heterocycles. The number of aliphatic hydroxyl groups excluding tert-OH is 1. The molecule has 0 aliphatic carbocycles. The van der Waals surface area contributed by atoms with Gasteiger partial charge in [-0.15, -0.1) is 0 Å². The van der Waals surface area contributed by atoms with Crippen LogP contribution in [0.25, 0.3) is 0 Å². The number of ether oxygens (including phenoxy) is 4. The van der Waals surface area contributed by atoms with Gasteiger partial charge >= 0.3 is 6.03 Å². The van der Waals surface area contributed by atoms with Crippen molar-refractivity contribution in [2.75, 3.05) is 51.3 Å². The molecule has 0 aromatic heterocycles. The molecule has 0 fully saturated rings. The summed E-state index contributed by atoms with van der Waals surface area (Å²) in [7, 11) is 3.66. The van der Waals surface area contributed by atoms with Gasteiger partial charge in [0.05, 0.1) is 31.0 Å². The van der Waals surface area contributed by atoms with E-state index in [-0.39, 0.29) is 37.1 Å². The summed E-state index contributed by atoms with van der Waals surface area (Å²) in [6.45, 7) is 5.45. The van der Waals surface area contributed by atoms with Crippen molar-refractivity contribution in [1.82, 2.24) is 9.80 Å². The molecular weight excluding hydrogens is 552 g/mol. The van der Waals surface area contributed by atoms with Crippen LogP contribution in [0.5, 0.6) is 23.0 Å². The SMILES string of the molecule is COc1ccc(CN(C)C[C@@H]2Oc3c(NC(=O)Nc4ccc5c(c4)OCO5)cccc3C(=O)N([C@@H](C)CO)C[C@H]2C)cc1. The van der Waals surface area contributed by atoms with Gasteiger partial charge in [0.15, 0.2) is 17.2 Å². The number of nitrogens with zero attached hydrogens (tertiary/aromatic N) is 2. The topological polar surface area (TPSA) is 122 Å². The summed E-state index contributed by atoms with van der Waals surface area (Å²) in [5.41, 5.74) is 2.32. The van der Waals surface area contributed by atoms with E-state index in [1.54, 1.807) is 48.4 Å². The van der Waals surface area contributed by atoms with E-state index in [1.165, 1.54) is 0 Å². The number of aliphatic hydroxyl groups is 1. The van der Waals surface area contributed by atoms with Crippen molar-refractivity contribution in [2.24, 2.45) is 5.92 Å². The molecule has 2 heterocycles. The molecule has 11 heteroatoms. The predicted molar refractivity (Wildman–Crippen MR) is 162 cm³/mol. The van der Waals surface area contributed by atoms with E-state index in [0.29, 0.717) is 48.1 Å². The van der Waals surface area contributed by atoms with Gasteiger partial charge in [-0.05, 0) is 55.9 Å². The summed E-state index contributed by atoms with van der Waals surface area (Å²) in [5, 5.41) is 15.6. The van der Waals surface area contributed by atoms with E-state index in [9.17, 15) is 14.7 Å². The second-order valence-electron chi connectivity index (χ2n) is 11.0. The van der Waals surface area contributed by atoms with Gasteiger partial charge in [-0.2, -0.15) is 0 Å². The van der Waals surface area contributed by atoms with Crippen LogP contribution in [0.2, 0.25) is 0 Å². The van der Waals surface area contributed by atoms with Gasteiger partial charge in [-0.1, -0.05) is 25.1 Å². The van der Waals surface area contributed by atoms with Crippen LogP contribution in [0, 0.1) is 5.92 Å². The Morgan fingerprint density at radius 1 is 1.12 bits per heavy atom. The summed E-state index contributed by atoms with van der Waals surface area (Å²) in [6, 6.07) is 17.2. The molecule has 2 aliphatic heterocycles. The number of carbonyl (C=O) groups excluding carboxylic acids is 2. The number of para-hydroxylation sites is 1. The number of anilines is 2. The van der Waals surface area contributed by atoms with Crippen LogP contribution in [0.1, 0.15) is 29.8 Å². The van der Waals surface area contributed by atoms with Crippen LogP contribution in [-0.2, 0) is 6.54 Å². The van der Waals surface area contributed by atoms with Gasteiger partial charge in [-0.25, -0.2) is 4.79 Å². The van der Waals surface area contributed by atoms with Crippen molar-refractivity contribution < 1.29 is 33.6 Å². The first-order valence-electron chi connectivity index (χ1n) is 14.3. The number of amides is 3. The molecule has 0 saturated carbocycles. The molecule has 0 unspecified atom stereocenters. The average Bonchev–Trinajstić information content (AvgIpc) is 3.47. The molecule has 3 aromatic carbocycles. The van der Waals surface area contributed by atoms with E-state index in [4.69, 9.17) is 18.9 Å². The van der Waals surface area contributed by atoms with Crippen LogP contribution < -0.4 is 29.6 Å². The zero-order valence-corrected chi connectivity index (χ0v) is 24.8. The predicted octanol–water partition coefficient (Wildman–Crippen LogP) is 4.42. The van der Waals surface area contributed by atoms with Crippen LogP contribution in [0.3, 0.4) is 0 Å². The first-order valence-corrected chi connectivity index (χ1v) is 14.3. The van der Waals surface area contributed by atoms with Crippen molar-refractivity contribution >= 4 is 23.3 Å². The molecule has 2 aliphatic rings. The van der Waals surface area contributed by atoms with E-state index in [2.05, 4.69) is 15.5 Å². The minimum absolute atomic E-state index is 0.0834. The highest BCUT2D eigenvalue weighted by atomic mass is 16.7. The zero-order chi connectivity index (χ0) is 30.5. The van der Waals surface area contributed by atoms with Crippen molar-refractivity contribution in [1.29, 1.82) is 0 Å². The highest BCUT2D eigenvalue weighted by Crippen LogP contribution is 2.36. The number of hydrogen-bond donors (Lipinski definition) is 3. The molecule has 3 aromatic rings. The van der Waals surface area contributed by atoms with Crippen molar-refractivity contribution in [3.63, 3.8) is 0 Å². The van der Waals surface area contributed by atoms with E-state index in [1.807, 2.05) is 45.2 Å². The van der Waals surface area contributed by atoms with Crippen molar-refractivity contribution in [3.05, 3.63) is 71.8 Å². The Kier molecular flexibility index (Phi) is 9.22. The normalized spacial score (nSPS) is 18.3. The van der Waals surface area contributed by atoms with Crippen LogP contribution in [0.4, 0.5) is 16.2 Å². The Morgan fingerprint density at radius 3 is 2.63 bits per heavy atom. The van der Waals surface area contributed by atoms with Gasteiger partial charge in [0.25, 0.3) is 5.91 Å². The van der Waals surface area contributed by atoms with Gasteiger partial charge < -0.3 is 39.6 Å². The lowest BCUT2D eigenvalue weighted by Crippen LogP contribution is -2.49. The average molecular weight is 591 g/mol. The van der Waals surface area contributed by atoms with Crippen molar-refractivity contribution in [2.45, 2.75) is 32.5 Å². The monoisotopic (exact) mass is 590 g/mol. The third-order valence-electron chi connectivity index (χ3n) is 7.67. The lowest BCUT2D eigenvalue weighted by Gasteiger charge is -2.38. The first kappa shape index (κ1) is 30.0. The molecule has 11 nitrogen and oxygen atoms in total. The summed E-state index contributed by atoms with van der Waals surface area (Å²) >= 11 is 0. The highest BCUT2D eigenvalue weighted by molar-refractivity contribution is 6.04. The van der Waals surface area contributed by atoms with E-state index < -0.39 is 12.1 Å². The minimum Gasteiger partial charge on any atom is -0.497 e. The van der Waals surface area contributed by atoms with Gasteiger partial charge in [-0.3, -0.25) is 9.69 Å². The molecule has 0 bridgehead atoms. The number of rotatable bonds is 9. The fourth-order valence-corrected chi connectivity index (χ4v) is 5.23. The summed E-state index contributed by atoms with van der Waals surface area (Å²) in [5.74, 6) is 1.89. The number of carbonyl (C=O) groups is 2. The molecule has 3 amide bonds. The standard InChI is InChI=1S/C32H38N4O7/c1-20-15-36(21(2)18-37)31(38)25-6-5-7-26(34-32(39)33-23-10-13-27-28(14-23)42-19-41-27)30(25)43-29(20)17-35(3)16-22-8-11-24(40-4)12-9-22/h5-14,20-21,29,37H,15-19H2,1-4H3,(H2,33,34,39)/t20-,21+,29+/m1/s1. The van der Waals surface area contributed by atoms with Crippen molar-refractivity contribution in [3.8, 4) is 23.0 Å². The lowest BCUT2D eigenvalue weighted by atomic mass is 9.99. The van der Waals surface area contributed by atoms with Crippen LogP contribution >= 0.6 is 0 Å². The molecule has 0 spiro atoms. The Labute approximate surface area is 251 Å². The Morgan fingerprint density at radius 2 is 1.88 bits per heavy atom. The lowest BCUT2D eigenvalue weighted by molar-refractivity contribution is 0.0343. The third-order valence-corrected chi connectivity index (χ3v) is 7.67. The van der Waals surface area contributed by atoms with Gasteiger partial charge in [0.1, 0.15) is 11.9 Å². The Bertz CT molecular complexity index is 1450. The smallest absolute Gasteiger partial charge is 0.323 e. The van der Waals surface area contributed by atoms with E-state index in [0.717, 1.165) is 11.3 Å². The van der Waals surface area contributed by atoms with Crippen LogP contribution in [-0.4, -0.2) is 79.6 Å². The second-order valence-corrected chi connectivity index (χ2v) is 11.0. The summed E-state index contributed by atoms with van der Waals surface area (Å²) < 4.78 is 22.6. The minimum atomic E-state index is -0.507. The number of nitrogens with one attached hydrogen (secondary N) is 2. The molecule has 43 heavy (non-hydrogen) atoms.